The van der Waals surface area contributed by atoms with E-state index >= 15 is 0 Å². The number of hydrogen-bond acceptors (Lipinski definition) is 6. The Labute approximate surface area is 145 Å². The maximum atomic E-state index is 12.3. The fourth-order valence-electron chi connectivity index (χ4n) is 3.04. The number of primary amides is 1. The van der Waals surface area contributed by atoms with Crippen molar-refractivity contribution in [3.05, 3.63) is 24.1 Å². The van der Waals surface area contributed by atoms with Gasteiger partial charge >= 0.3 is 0 Å². The molecule has 1 aliphatic rings. The van der Waals surface area contributed by atoms with Gasteiger partial charge in [0.1, 0.15) is 11.3 Å². The molecule has 2 heterocycles. The predicted molar refractivity (Wildman–Crippen MR) is 90.8 cm³/mol. The lowest BCUT2D eigenvalue weighted by Crippen LogP contribution is -2.43. The number of amides is 2. The van der Waals surface area contributed by atoms with Gasteiger partial charge in [-0.2, -0.15) is 0 Å². The molecule has 0 spiro atoms. The van der Waals surface area contributed by atoms with E-state index in [0.29, 0.717) is 48.7 Å². The number of nitrogens with zero attached hydrogens (tertiary/aromatic N) is 2. The zero-order valence-electron chi connectivity index (χ0n) is 14.2. The van der Waals surface area contributed by atoms with E-state index in [4.69, 9.17) is 14.9 Å². The molecule has 1 aliphatic heterocycles. The summed E-state index contributed by atoms with van der Waals surface area (Å²) in [5, 5.41) is 2.88. The van der Waals surface area contributed by atoms with Crippen molar-refractivity contribution >= 4 is 22.9 Å². The van der Waals surface area contributed by atoms with Crippen molar-refractivity contribution in [2.75, 3.05) is 26.7 Å². The number of hydrogen-bond donors (Lipinski definition) is 2. The first-order valence-electron chi connectivity index (χ1n) is 8.27. The van der Waals surface area contributed by atoms with Crippen LogP contribution in [-0.2, 0) is 16.1 Å². The van der Waals surface area contributed by atoms with E-state index in [0.717, 1.165) is 0 Å². The van der Waals surface area contributed by atoms with Crippen LogP contribution in [-0.4, -0.2) is 48.4 Å². The quantitative estimate of drug-likeness (QED) is 0.794. The summed E-state index contributed by atoms with van der Waals surface area (Å²) in [6.07, 6.45) is 1.42. The van der Waals surface area contributed by atoms with E-state index in [1.54, 1.807) is 25.3 Å². The molecule has 0 saturated carbocycles. The van der Waals surface area contributed by atoms with Crippen molar-refractivity contribution in [1.29, 1.82) is 0 Å². The van der Waals surface area contributed by atoms with E-state index in [2.05, 4.69) is 10.3 Å². The van der Waals surface area contributed by atoms with E-state index in [1.807, 2.05) is 4.90 Å². The molecule has 1 aromatic carbocycles. The lowest BCUT2D eigenvalue weighted by atomic mass is 9.96. The molecule has 2 amide bonds. The number of fused-ring (bicyclic) bond motifs is 1. The number of methoxy groups -OCH3 is 1. The average Bonchev–Trinajstić information content (AvgIpc) is 3.01. The minimum Gasteiger partial charge on any atom is -0.497 e. The topological polar surface area (TPSA) is 111 Å². The highest BCUT2D eigenvalue weighted by Gasteiger charge is 2.25. The smallest absolute Gasteiger partial charge is 0.231 e. The van der Waals surface area contributed by atoms with Gasteiger partial charge in [0.15, 0.2) is 5.58 Å². The minimum atomic E-state index is -0.338. The van der Waals surface area contributed by atoms with Crippen LogP contribution in [0.1, 0.15) is 18.7 Å². The highest BCUT2D eigenvalue weighted by atomic mass is 16.5. The van der Waals surface area contributed by atoms with Crippen molar-refractivity contribution in [3.63, 3.8) is 0 Å². The second-order valence-corrected chi connectivity index (χ2v) is 6.18. The molecule has 1 fully saturated rings. The van der Waals surface area contributed by atoms with E-state index in [9.17, 15) is 9.59 Å². The number of piperidine rings is 1. The molecule has 134 valence electrons. The predicted octanol–water partition coefficient (Wildman–Crippen LogP) is 0.650. The summed E-state index contributed by atoms with van der Waals surface area (Å²) in [5.41, 5.74) is 6.55. The number of aromatic nitrogens is 1. The molecule has 0 atom stereocenters. The number of likely N-dealkylation sites (tertiary alicyclic amines) is 1. The Morgan fingerprint density at radius 1 is 1.40 bits per heavy atom. The van der Waals surface area contributed by atoms with Gasteiger partial charge < -0.3 is 20.2 Å². The van der Waals surface area contributed by atoms with Gasteiger partial charge in [0, 0.05) is 12.0 Å². The third-order valence-electron chi connectivity index (χ3n) is 4.39. The summed E-state index contributed by atoms with van der Waals surface area (Å²) in [6, 6.07) is 5.38. The number of nitrogens with one attached hydrogen (secondary N) is 1. The van der Waals surface area contributed by atoms with Gasteiger partial charge in [0.2, 0.25) is 17.7 Å². The maximum Gasteiger partial charge on any atom is 0.231 e. The zero-order chi connectivity index (χ0) is 17.8. The molecule has 0 radical (unpaired) electrons. The summed E-state index contributed by atoms with van der Waals surface area (Å²) < 4.78 is 10.8. The van der Waals surface area contributed by atoms with Crippen LogP contribution in [0.15, 0.2) is 22.6 Å². The Hall–Kier alpha value is -2.61. The van der Waals surface area contributed by atoms with Crippen molar-refractivity contribution in [1.82, 2.24) is 15.2 Å². The summed E-state index contributed by atoms with van der Waals surface area (Å²) in [4.78, 5) is 29.6. The van der Waals surface area contributed by atoms with Crippen LogP contribution in [0.2, 0.25) is 0 Å². The lowest BCUT2D eigenvalue weighted by Gasteiger charge is -2.30. The number of benzene rings is 1. The summed E-state index contributed by atoms with van der Waals surface area (Å²) >= 11 is 0. The fraction of sp³-hybridized carbons (Fsp3) is 0.471. The summed E-state index contributed by atoms with van der Waals surface area (Å²) in [7, 11) is 1.59. The number of nitrogens with two attached hydrogens (primary N) is 1. The SMILES string of the molecule is COc1ccc2oc(CNC(=O)C3CCN(CC(N)=O)CC3)nc2c1. The highest BCUT2D eigenvalue weighted by molar-refractivity contribution is 5.79. The molecular formula is C17H22N4O4. The van der Waals surface area contributed by atoms with Crippen LogP contribution in [0, 0.1) is 5.92 Å². The van der Waals surface area contributed by atoms with Crippen LogP contribution in [0.25, 0.3) is 11.1 Å². The molecule has 1 saturated heterocycles. The van der Waals surface area contributed by atoms with E-state index < -0.39 is 0 Å². The van der Waals surface area contributed by atoms with Gasteiger partial charge in [-0.15, -0.1) is 0 Å². The molecular weight excluding hydrogens is 324 g/mol. The Kier molecular flexibility index (Phi) is 5.18. The Balaban J connectivity index is 1.51. The summed E-state index contributed by atoms with van der Waals surface area (Å²) in [5.74, 6) is 0.754. The largest absolute Gasteiger partial charge is 0.497 e. The van der Waals surface area contributed by atoms with Gasteiger partial charge in [-0.3, -0.25) is 14.5 Å². The molecule has 0 bridgehead atoms. The maximum absolute atomic E-state index is 12.3. The lowest BCUT2D eigenvalue weighted by molar-refractivity contribution is -0.126. The van der Waals surface area contributed by atoms with Gasteiger partial charge in [-0.1, -0.05) is 0 Å². The van der Waals surface area contributed by atoms with Gasteiger partial charge in [-0.25, -0.2) is 4.98 Å². The number of carbonyl (C=O) groups is 2. The Morgan fingerprint density at radius 3 is 2.84 bits per heavy atom. The average molecular weight is 346 g/mol. The minimum absolute atomic E-state index is 0.0152. The van der Waals surface area contributed by atoms with Crippen LogP contribution < -0.4 is 15.8 Å². The van der Waals surface area contributed by atoms with Gasteiger partial charge in [0.05, 0.1) is 20.2 Å². The van der Waals surface area contributed by atoms with Crippen LogP contribution >= 0.6 is 0 Å². The van der Waals surface area contributed by atoms with Gasteiger partial charge in [-0.05, 0) is 38.1 Å². The second-order valence-electron chi connectivity index (χ2n) is 6.18. The number of rotatable bonds is 6. The fourth-order valence-corrected chi connectivity index (χ4v) is 3.04. The van der Waals surface area contributed by atoms with Crippen molar-refractivity contribution in [2.45, 2.75) is 19.4 Å². The molecule has 25 heavy (non-hydrogen) atoms. The van der Waals surface area contributed by atoms with Crippen molar-refractivity contribution in [2.24, 2.45) is 11.7 Å². The highest BCUT2D eigenvalue weighted by Crippen LogP contribution is 2.21. The summed E-state index contributed by atoms with van der Waals surface area (Å²) in [6.45, 7) is 1.89. The molecule has 0 aliphatic carbocycles. The van der Waals surface area contributed by atoms with Crippen LogP contribution in [0.4, 0.5) is 0 Å². The third-order valence-corrected chi connectivity index (χ3v) is 4.39. The standard InChI is InChI=1S/C17H22N4O4/c1-24-12-2-3-14-13(8-12)20-16(25-14)9-19-17(23)11-4-6-21(7-5-11)10-15(18)22/h2-3,8,11H,4-7,9-10H2,1H3,(H2,18,22)(H,19,23). The number of oxazole rings is 1. The molecule has 3 N–H and O–H groups in total. The molecule has 0 unspecified atom stereocenters. The van der Waals surface area contributed by atoms with Crippen molar-refractivity contribution < 1.29 is 18.7 Å². The second kappa shape index (κ2) is 7.52. The molecule has 1 aromatic heterocycles. The van der Waals surface area contributed by atoms with E-state index in [1.165, 1.54) is 0 Å². The van der Waals surface area contributed by atoms with Crippen molar-refractivity contribution in [3.8, 4) is 5.75 Å². The third kappa shape index (κ3) is 4.27. The monoisotopic (exact) mass is 346 g/mol. The zero-order valence-corrected chi connectivity index (χ0v) is 14.2. The number of carbonyl (C=O) groups excluding carboxylic acids is 2. The molecule has 8 heteroatoms. The molecule has 2 aromatic rings. The first-order chi connectivity index (χ1) is 12.0. The van der Waals surface area contributed by atoms with Crippen LogP contribution in [0.3, 0.4) is 0 Å². The number of ether oxygens (including phenoxy) is 1. The van der Waals surface area contributed by atoms with Crippen LogP contribution in [0.5, 0.6) is 5.75 Å². The van der Waals surface area contributed by atoms with Gasteiger partial charge in [0.25, 0.3) is 0 Å². The normalized spacial score (nSPS) is 16.0. The molecule has 8 nitrogen and oxygen atoms in total. The Morgan fingerprint density at radius 2 is 2.16 bits per heavy atom. The molecule has 3 rings (SSSR count). The van der Waals surface area contributed by atoms with E-state index in [-0.39, 0.29) is 30.8 Å². The Bertz CT molecular complexity index is 765. The first kappa shape index (κ1) is 17.2. The first-order valence-corrected chi connectivity index (χ1v) is 8.27.